The highest BCUT2D eigenvalue weighted by molar-refractivity contribution is 7.98. The van der Waals surface area contributed by atoms with E-state index >= 15 is 0 Å². The van der Waals surface area contributed by atoms with Crippen LogP contribution in [0, 0.1) is 0 Å². The van der Waals surface area contributed by atoms with Crippen molar-refractivity contribution in [2.75, 3.05) is 12.9 Å². The molecule has 0 aromatic carbocycles. The molecule has 1 saturated heterocycles. The van der Waals surface area contributed by atoms with Gasteiger partial charge in [0.2, 0.25) is 0 Å². The van der Waals surface area contributed by atoms with E-state index in [-0.39, 0.29) is 0 Å². The number of thioether (sulfide) groups is 1. The molecule has 0 bridgehead atoms. The maximum absolute atomic E-state index is 10.8. The van der Waals surface area contributed by atoms with Gasteiger partial charge in [0.15, 0.2) is 11.9 Å². The normalized spacial score (nSPS) is 27.9. The predicted molar refractivity (Wildman–Crippen MR) is 81.0 cm³/mol. The molecule has 0 saturated carbocycles. The van der Waals surface area contributed by atoms with Crippen LogP contribution in [-0.4, -0.2) is 70.7 Å². The van der Waals surface area contributed by atoms with E-state index in [0.717, 1.165) is 0 Å². The number of imidazole rings is 1. The molecule has 1 fully saturated rings. The zero-order valence-corrected chi connectivity index (χ0v) is 14.0. The Morgan fingerprint density at radius 3 is 2.75 bits per heavy atom. The minimum atomic E-state index is -4.71. The van der Waals surface area contributed by atoms with Gasteiger partial charge in [-0.3, -0.25) is 9.09 Å². The van der Waals surface area contributed by atoms with Crippen molar-refractivity contribution in [3.05, 3.63) is 12.7 Å². The Balaban J connectivity index is 1.86. The Morgan fingerprint density at radius 2 is 2.08 bits per heavy atom. The van der Waals surface area contributed by atoms with Gasteiger partial charge in [-0.15, -0.1) is 11.8 Å². The molecule has 24 heavy (non-hydrogen) atoms. The van der Waals surface area contributed by atoms with E-state index in [1.165, 1.54) is 29.0 Å². The number of aliphatic hydroxyl groups is 2. The quantitative estimate of drug-likeness (QED) is 0.295. The topological polar surface area (TPSA) is 160 Å². The second-order valence-electron chi connectivity index (χ2n) is 5.04. The molecular formula is C11H15N4O7PS. The number of nitrogens with zero attached hydrogens (tertiary/aromatic N) is 4. The van der Waals surface area contributed by atoms with Crippen molar-refractivity contribution in [2.24, 2.45) is 0 Å². The van der Waals surface area contributed by atoms with E-state index in [2.05, 4.69) is 19.5 Å². The third-order valence-electron chi connectivity index (χ3n) is 3.54. The largest absolute Gasteiger partial charge is 0.469 e. The van der Waals surface area contributed by atoms with Crippen LogP contribution in [0.3, 0.4) is 0 Å². The third kappa shape index (κ3) is 3.32. The van der Waals surface area contributed by atoms with Gasteiger partial charge in [-0.25, -0.2) is 19.5 Å². The van der Waals surface area contributed by atoms with Gasteiger partial charge in [0.25, 0.3) is 0 Å². The molecule has 0 amide bonds. The van der Waals surface area contributed by atoms with Crippen LogP contribution in [0.15, 0.2) is 17.7 Å². The first-order valence-electron chi connectivity index (χ1n) is 6.75. The van der Waals surface area contributed by atoms with Crippen molar-refractivity contribution >= 4 is 30.7 Å². The second-order valence-corrected chi connectivity index (χ2v) is 7.07. The van der Waals surface area contributed by atoms with Gasteiger partial charge < -0.3 is 24.7 Å². The second kappa shape index (κ2) is 6.65. The molecule has 0 aliphatic carbocycles. The summed E-state index contributed by atoms with van der Waals surface area (Å²) in [7, 11) is -4.71. The summed E-state index contributed by atoms with van der Waals surface area (Å²) in [6.45, 7) is -0.573. The highest BCUT2D eigenvalue weighted by Gasteiger charge is 2.45. The van der Waals surface area contributed by atoms with Crippen LogP contribution < -0.4 is 0 Å². The number of aromatic nitrogens is 4. The Hall–Kier alpha value is -1.11. The van der Waals surface area contributed by atoms with Crippen molar-refractivity contribution in [1.29, 1.82) is 0 Å². The zero-order chi connectivity index (χ0) is 17.5. The molecule has 3 rings (SSSR count). The van der Waals surface area contributed by atoms with Gasteiger partial charge in [-0.2, -0.15) is 0 Å². The fourth-order valence-electron chi connectivity index (χ4n) is 2.43. The molecule has 2 aromatic rings. The molecule has 2 aromatic heterocycles. The van der Waals surface area contributed by atoms with Crippen molar-refractivity contribution in [3.8, 4) is 0 Å². The van der Waals surface area contributed by atoms with Gasteiger partial charge in [0, 0.05) is 0 Å². The number of phosphoric acid groups is 1. The monoisotopic (exact) mass is 378 g/mol. The molecular weight excluding hydrogens is 363 g/mol. The summed E-state index contributed by atoms with van der Waals surface area (Å²) in [4.78, 5) is 29.9. The first-order valence-corrected chi connectivity index (χ1v) is 9.50. The number of hydrogen-bond donors (Lipinski definition) is 4. The average molecular weight is 378 g/mol. The third-order valence-corrected chi connectivity index (χ3v) is 4.71. The number of rotatable bonds is 5. The molecule has 0 spiro atoms. The summed E-state index contributed by atoms with van der Waals surface area (Å²) in [5.41, 5.74) is 0.923. The minimum absolute atomic E-state index is 0.405. The van der Waals surface area contributed by atoms with Crippen molar-refractivity contribution in [1.82, 2.24) is 19.5 Å². The number of fused-ring (bicyclic) bond motifs is 1. The highest BCUT2D eigenvalue weighted by atomic mass is 32.2. The Labute approximate surface area is 139 Å². The van der Waals surface area contributed by atoms with Crippen LogP contribution >= 0.6 is 19.6 Å². The number of phosphoric ester groups is 1. The van der Waals surface area contributed by atoms with Crippen molar-refractivity contribution in [3.63, 3.8) is 0 Å². The summed E-state index contributed by atoms with van der Waals surface area (Å²) >= 11 is 1.38. The van der Waals surface area contributed by atoms with Crippen molar-refractivity contribution < 1.29 is 33.8 Å². The fourth-order valence-corrected chi connectivity index (χ4v) is 3.26. The highest BCUT2D eigenvalue weighted by Crippen LogP contribution is 2.38. The first kappa shape index (κ1) is 17.7. The SMILES string of the molecule is CSc1ncnc2c1ncn2[C@@H]1O[C@H](COP(=O)(O)O)C(O)C1O. The van der Waals surface area contributed by atoms with Crippen LogP contribution in [0.5, 0.6) is 0 Å². The summed E-state index contributed by atoms with van der Waals surface area (Å²) in [5, 5.41) is 20.9. The lowest BCUT2D eigenvalue weighted by molar-refractivity contribution is -0.0504. The van der Waals surface area contributed by atoms with Gasteiger partial charge in [0.05, 0.1) is 12.9 Å². The van der Waals surface area contributed by atoms with Gasteiger partial charge >= 0.3 is 7.82 Å². The molecule has 2 unspecified atom stereocenters. The maximum atomic E-state index is 10.8. The summed E-state index contributed by atoms with van der Waals surface area (Å²) in [6.07, 6.45) is -0.302. The standard InChI is InChI=1S/C11H15N4O7PS/c1-24-10-6-9(12-3-13-10)15(4-14-6)11-8(17)7(16)5(22-11)2-21-23(18,19)20/h3-5,7-8,11,16-17H,2H2,1H3,(H2,18,19,20)/t5-,7?,8?,11-/m1/s1. The molecule has 11 nitrogen and oxygen atoms in total. The Bertz CT molecular complexity index is 783. The van der Waals surface area contributed by atoms with E-state index in [1.54, 1.807) is 0 Å². The van der Waals surface area contributed by atoms with Crippen LogP contribution in [0.1, 0.15) is 6.23 Å². The summed E-state index contributed by atoms with van der Waals surface area (Å²) < 4.78 is 22.0. The molecule has 1 aliphatic heterocycles. The van der Waals surface area contributed by atoms with Crippen LogP contribution in [0.4, 0.5) is 0 Å². The molecule has 3 heterocycles. The molecule has 132 valence electrons. The molecule has 13 heteroatoms. The molecule has 4 atom stereocenters. The first-order chi connectivity index (χ1) is 11.3. The Kier molecular flexibility index (Phi) is 4.91. The lowest BCUT2D eigenvalue weighted by Crippen LogP contribution is -2.33. The number of hydrogen-bond acceptors (Lipinski definition) is 9. The fraction of sp³-hybridized carbons (Fsp3) is 0.545. The lowest BCUT2D eigenvalue weighted by Gasteiger charge is -2.16. The predicted octanol–water partition coefficient (Wildman–Crippen LogP) is -0.723. The van der Waals surface area contributed by atoms with Gasteiger partial charge in [0.1, 0.15) is 35.2 Å². The molecule has 4 N–H and O–H groups in total. The summed E-state index contributed by atoms with van der Waals surface area (Å²) in [5.74, 6) is 0. The number of ether oxygens (including phenoxy) is 1. The average Bonchev–Trinajstić information content (AvgIpc) is 3.07. The van der Waals surface area contributed by atoms with Gasteiger partial charge in [-0.1, -0.05) is 0 Å². The van der Waals surface area contributed by atoms with Crippen molar-refractivity contribution in [2.45, 2.75) is 29.6 Å². The zero-order valence-electron chi connectivity index (χ0n) is 12.3. The Morgan fingerprint density at radius 1 is 1.33 bits per heavy atom. The molecule has 0 radical (unpaired) electrons. The van der Waals surface area contributed by atoms with E-state index in [4.69, 9.17) is 14.5 Å². The van der Waals surface area contributed by atoms with E-state index in [9.17, 15) is 14.8 Å². The maximum Gasteiger partial charge on any atom is 0.469 e. The van der Waals surface area contributed by atoms with Crippen LogP contribution in [0.2, 0.25) is 0 Å². The van der Waals surface area contributed by atoms with E-state index in [0.29, 0.717) is 16.2 Å². The number of aliphatic hydroxyl groups excluding tert-OH is 2. The van der Waals surface area contributed by atoms with Crippen LogP contribution in [-0.2, 0) is 13.8 Å². The smallest absolute Gasteiger partial charge is 0.387 e. The minimum Gasteiger partial charge on any atom is -0.387 e. The molecule has 1 aliphatic rings. The summed E-state index contributed by atoms with van der Waals surface area (Å²) in [6, 6.07) is 0. The lowest BCUT2D eigenvalue weighted by atomic mass is 10.1. The van der Waals surface area contributed by atoms with Crippen LogP contribution in [0.25, 0.3) is 11.2 Å². The van der Waals surface area contributed by atoms with E-state index in [1.807, 2.05) is 6.26 Å². The van der Waals surface area contributed by atoms with Gasteiger partial charge in [-0.05, 0) is 6.26 Å². The van der Waals surface area contributed by atoms with E-state index < -0.39 is 39.0 Å².